The molecule has 0 spiro atoms. The summed E-state index contributed by atoms with van der Waals surface area (Å²) in [5.41, 5.74) is 1.79. The third-order valence-electron chi connectivity index (χ3n) is 4.67. The van der Waals surface area contributed by atoms with E-state index in [1.54, 1.807) is 0 Å². The maximum Gasteiger partial charge on any atom is 0.330 e. The molecule has 31 heavy (non-hydrogen) atoms. The number of carbonyl (C=O) groups is 2. The molecule has 1 unspecified atom stereocenters. The van der Waals surface area contributed by atoms with Crippen LogP contribution in [0.2, 0.25) is 0 Å². The summed E-state index contributed by atoms with van der Waals surface area (Å²) in [5.74, 6) is -2.49. The van der Waals surface area contributed by atoms with Crippen molar-refractivity contribution in [3.05, 3.63) is 97.1 Å². The monoisotopic (exact) mass is 424 g/mol. The Morgan fingerprint density at radius 2 is 1.26 bits per heavy atom. The molecule has 0 amide bonds. The van der Waals surface area contributed by atoms with Crippen molar-refractivity contribution in [2.75, 3.05) is 26.4 Å². The molecular formula is C25H28O6. The zero-order chi connectivity index (χ0) is 22.5. The van der Waals surface area contributed by atoms with E-state index < -0.39 is 17.7 Å². The Hall–Kier alpha value is -3.22. The van der Waals surface area contributed by atoms with E-state index in [2.05, 4.69) is 13.2 Å². The van der Waals surface area contributed by atoms with Crippen LogP contribution in [-0.4, -0.2) is 38.4 Å². The van der Waals surface area contributed by atoms with Crippen LogP contribution in [0.15, 0.2) is 86.0 Å². The van der Waals surface area contributed by atoms with Crippen LogP contribution in [0.25, 0.3) is 0 Å². The van der Waals surface area contributed by atoms with Crippen LogP contribution in [0.4, 0.5) is 0 Å². The zero-order valence-corrected chi connectivity index (χ0v) is 17.7. The first kappa shape index (κ1) is 24.1. The second-order valence-electron chi connectivity index (χ2n) is 6.61. The van der Waals surface area contributed by atoms with E-state index in [-0.39, 0.29) is 32.3 Å². The summed E-state index contributed by atoms with van der Waals surface area (Å²) in [6.45, 7) is 9.03. The van der Waals surface area contributed by atoms with Gasteiger partial charge in [-0.15, -0.1) is 0 Å². The van der Waals surface area contributed by atoms with Crippen molar-refractivity contribution >= 4 is 11.9 Å². The van der Waals surface area contributed by atoms with Gasteiger partial charge in [0.25, 0.3) is 0 Å². The average Bonchev–Trinajstić information content (AvgIpc) is 2.83. The number of hydrogen-bond donors (Lipinski definition) is 0. The van der Waals surface area contributed by atoms with Crippen molar-refractivity contribution in [2.45, 2.75) is 18.6 Å². The largest absolute Gasteiger partial charge is 0.460 e. The fourth-order valence-corrected chi connectivity index (χ4v) is 3.13. The van der Waals surface area contributed by atoms with Crippen molar-refractivity contribution in [3.8, 4) is 0 Å². The molecule has 2 aromatic rings. The molecule has 6 heteroatoms. The molecule has 0 aliphatic carbocycles. The topological polar surface area (TPSA) is 71.1 Å². The Morgan fingerprint density at radius 3 is 1.71 bits per heavy atom. The Balaban J connectivity index is 2.31. The van der Waals surface area contributed by atoms with Gasteiger partial charge in [-0.25, -0.2) is 9.59 Å². The molecule has 0 bridgehead atoms. The molecule has 0 saturated heterocycles. The van der Waals surface area contributed by atoms with Gasteiger partial charge in [-0.3, -0.25) is 0 Å². The smallest absolute Gasteiger partial charge is 0.330 e. The van der Waals surface area contributed by atoms with Gasteiger partial charge in [-0.2, -0.15) is 0 Å². The summed E-state index contributed by atoms with van der Waals surface area (Å²) in [5, 5.41) is 0. The predicted molar refractivity (Wildman–Crippen MR) is 117 cm³/mol. The number of esters is 2. The third-order valence-corrected chi connectivity index (χ3v) is 4.67. The minimum Gasteiger partial charge on any atom is -0.460 e. The van der Waals surface area contributed by atoms with Crippen LogP contribution < -0.4 is 0 Å². The number of benzene rings is 2. The van der Waals surface area contributed by atoms with E-state index in [1.165, 1.54) is 0 Å². The number of carbonyl (C=O) groups excluding carboxylic acids is 2. The highest BCUT2D eigenvalue weighted by Crippen LogP contribution is 2.41. The maximum absolute atomic E-state index is 11.4. The van der Waals surface area contributed by atoms with Crippen molar-refractivity contribution < 1.29 is 28.5 Å². The molecule has 0 heterocycles. The first-order valence-corrected chi connectivity index (χ1v) is 10.00. The molecule has 6 nitrogen and oxygen atoms in total. The Kier molecular flexibility index (Phi) is 9.68. The number of ether oxygens (including phenoxy) is 4. The first-order valence-electron chi connectivity index (χ1n) is 10.00. The van der Waals surface area contributed by atoms with Crippen LogP contribution in [0, 0.1) is 0 Å². The predicted octanol–water partition coefficient (Wildman–Crippen LogP) is 4.13. The lowest BCUT2D eigenvalue weighted by Crippen LogP contribution is -2.40. The van der Waals surface area contributed by atoms with Crippen LogP contribution in [0.1, 0.15) is 24.0 Å². The summed E-state index contributed by atoms with van der Waals surface area (Å²) >= 11 is 0. The molecule has 0 radical (unpaired) electrons. The minimum atomic E-state index is -1.20. The number of rotatable bonds is 13. The lowest BCUT2D eigenvalue weighted by atomic mass is 9.87. The van der Waals surface area contributed by atoms with Crippen LogP contribution in [0.5, 0.6) is 0 Å². The summed E-state index contributed by atoms with van der Waals surface area (Å²) < 4.78 is 22.7. The van der Waals surface area contributed by atoms with Gasteiger partial charge in [0.15, 0.2) is 0 Å². The molecule has 0 fully saturated rings. The fraction of sp³-hybridized carbons (Fsp3) is 0.280. The van der Waals surface area contributed by atoms with Gasteiger partial charge >= 0.3 is 11.9 Å². The highest BCUT2D eigenvalue weighted by Gasteiger charge is 2.41. The van der Waals surface area contributed by atoms with Gasteiger partial charge in [0.2, 0.25) is 5.79 Å². The first-order chi connectivity index (χ1) is 15.0. The molecule has 0 aliphatic heterocycles. The van der Waals surface area contributed by atoms with Gasteiger partial charge in [-0.05, 0) is 5.56 Å². The Labute approximate surface area is 183 Å². The van der Waals surface area contributed by atoms with E-state index in [9.17, 15) is 9.59 Å². The fourth-order valence-electron chi connectivity index (χ4n) is 3.13. The zero-order valence-electron chi connectivity index (χ0n) is 17.7. The summed E-state index contributed by atoms with van der Waals surface area (Å²) in [4.78, 5) is 22.8. The molecule has 2 rings (SSSR count). The van der Waals surface area contributed by atoms with E-state index in [4.69, 9.17) is 18.9 Å². The summed E-state index contributed by atoms with van der Waals surface area (Å²) in [6, 6.07) is 19.3. The standard InChI is InChI=1S/C25H28O6/c1-4-23(26)28-16-18-30-25(22-14-10-7-11-15-22,31-19-17-29-24(27)5-2)20(3)21-12-8-6-9-13-21/h4-15,20H,1-2,16-19H2,3H3. The normalized spacial score (nSPS) is 11.9. The third kappa shape index (κ3) is 6.91. The lowest BCUT2D eigenvalue weighted by molar-refractivity contribution is -0.265. The van der Waals surface area contributed by atoms with Crippen LogP contribution in [-0.2, 0) is 34.3 Å². The molecule has 0 aliphatic rings. The maximum atomic E-state index is 11.4. The molecule has 2 aromatic carbocycles. The second kappa shape index (κ2) is 12.5. The van der Waals surface area contributed by atoms with Crippen molar-refractivity contribution in [2.24, 2.45) is 0 Å². The van der Waals surface area contributed by atoms with Gasteiger partial charge in [0, 0.05) is 23.6 Å². The number of hydrogen-bond acceptors (Lipinski definition) is 6. The molecule has 0 N–H and O–H groups in total. The molecule has 0 saturated carbocycles. The Bertz CT molecular complexity index is 819. The SMILES string of the molecule is C=CC(=O)OCCOC(OCCOC(=O)C=C)(c1ccccc1)C(C)c1ccccc1. The summed E-state index contributed by atoms with van der Waals surface area (Å²) in [6.07, 6.45) is 2.20. The van der Waals surface area contributed by atoms with Gasteiger partial charge in [-0.1, -0.05) is 80.7 Å². The molecule has 0 aromatic heterocycles. The molecule has 164 valence electrons. The minimum absolute atomic E-state index is 0.0375. The molecular weight excluding hydrogens is 396 g/mol. The Morgan fingerprint density at radius 1 is 0.806 bits per heavy atom. The van der Waals surface area contributed by atoms with E-state index >= 15 is 0 Å². The van der Waals surface area contributed by atoms with Crippen molar-refractivity contribution in [1.29, 1.82) is 0 Å². The van der Waals surface area contributed by atoms with E-state index in [0.29, 0.717) is 0 Å². The quantitative estimate of drug-likeness (QED) is 0.208. The van der Waals surface area contributed by atoms with Crippen molar-refractivity contribution in [1.82, 2.24) is 0 Å². The van der Waals surface area contributed by atoms with Crippen molar-refractivity contribution in [3.63, 3.8) is 0 Å². The molecule has 1 atom stereocenters. The highest BCUT2D eigenvalue weighted by molar-refractivity contribution is 5.81. The van der Waals surface area contributed by atoms with Gasteiger partial charge in [0.05, 0.1) is 13.2 Å². The highest BCUT2D eigenvalue weighted by atomic mass is 16.7. The van der Waals surface area contributed by atoms with E-state index in [0.717, 1.165) is 23.3 Å². The summed E-state index contributed by atoms with van der Waals surface area (Å²) in [7, 11) is 0. The van der Waals surface area contributed by atoms with E-state index in [1.807, 2.05) is 67.6 Å². The lowest BCUT2D eigenvalue weighted by Gasteiger charge is -2.39. The second-order valence-corrected chi connectivity index (χ2v) is 6.61. The van der Waals surface area contributed by atoms with Crippen LogP contribution >= 0.6 is 0 Å². The van der Waals surface area contributed by atoms with Crippen LogP contribution in [0.3, 0.4) is 0 Å². The average molecular weight is 424 g/mol. The van der Waals surface area contributed by atoms with Gasteiger partial charge in [0.1, 0.15) is 13.2 Å². The van der Waals surface area contributed by atoms with Gasteiger partial charge < -0.3 is 18.9 Å².